The number of carbonyl (C=O) groups is 1. The van der Waals surface area contributed by atoms with Gasteiger partial charge in [-0.05, 0) is 18.1 Å². The van der Waals surface area contributed by atoms with Crippen LogP contribution in [0, 0.1) is 16.7 Å². The molecule has 0 saturated heterocycles. The molecule has 0 aromatic carbocycles. The molecule has 1 aromatic heterocycles. The van der Waals surface area contributed by atoms with Crippen molar-refractivity contribution < 1.29 is 4.79 Å². The predicted octanol–water partition coefficient (Wildman–Crippen LogP) is 0.0156. The summed E-state index contributed by atoms with van der Waals surface area (Å²) >= 11 is 0. The standard InChI is InChI=1S/C9H11N5O/c1-14-12-8(11-13-14)5-9(6-10)4-2-3-7(9)15/h2-5H2,1H3. The summed E-state index contributed by atoms with van der Waals surface area (Å²) in [6.07, 6.45) is 2.18. The SMILES string of the molecule is Cn1nnc(CC2(C#N)CCCC2=O)n1. The molecule has 0 spiro atoms. The Balaban J connectivity index is 2.23. The number of aryl methyl sites for hydroxylation is 1. The van der Waals surface area contributed by atoms with Crippen molar-refractivity contribution in [3.05, 3.63) is 5.82 Å². The molecule has 1 aliphatic rings. The van der Waals surface area contributed by atoms with Crippen LogP contribution in [0.25, 0.3) is 0 Å². The lowest BCUT2D eigenvalue weighted by molar-refractivity contribution is -0.123. The van der Waals surface area contributed by atoms with Gasteiger partial charge >= 0.3 is 0 Å². The number of hydrogen-bond acceptors (Lipinski definition) is 5. The Morgan fingerprint density at radius 2 is 2.47 bits per heavy atom. The molecule has 1 unspecified atom stereocenters. The maximum absolute atomic E-state index is 11.6. The van der Waals surface area contributed by atoms with Crippen molar-refractivity contribution in [2.45, 2.75) is 25.7 Å². The number of nitriles is 1. The van der Waals surface area contributed by atoms with E-state index in [1.807, 2.05) is 0 Å². The summed E-state index contributed by atoms with van der Waals surface area (Å²) in [5, 5.41) is 20.6. The van der Waals surface area contributed by atoms with Crippen LogP contribution in [0.5, 0.6) is 0 Å². The summed E-state index contributed by atoms with van der Waals surface area (Å²) < 4.78 is 0. The minimum Gasteiger partial charge on any atom is -0.298 e. The molecule has 1 aliphatic carbocycles. The lowest BCUT2D eigenvalue weighted by atomic mass is 9.83. The molecule has 1 fully saturated rings. The highest BCUT2D eigenvalue weighted by atomic mass is 16.1. The normalized spacial score (nSPS) is 25.5. The number of aromatic nitrogens is 4. The van der Waals surface area contributed by atoms with Crippen LogP contribution in [0.15, 0.2) is 0 Å². The van der Waals surface area contributed by atoms with Crippen LogP contribution in [-0.2, 0) is 18.3 Å². The predicted molar refractivity (Wildman–Crippen MR) is 49.4 cm³/mol. The van der Waals surface area contributed by atoms with E-state index in [-0.39, 0.29) is 12.2 Å². The van der Waals surface area contributed by atoms with Gasteiger partial charge in [0.2, 0.25) is 0 Å². The van der Waals surface area contributed by atoms with Gasteiger partial charge in [-0.2, -0.15) is 10.1 Å². The Morgan fingerprint density at radius 1 is 1.67 bits per heavy atom. The van der Waals surface area contributed by atoms with Gasteiger partial charge in [0.25, 0.3) is 0 Å². The van der Waals surface area contributed by atoms with Gasteiger partial charge in [0.1, 0.15) is 5.41 Å². The molecule has 0 N–H and O–H groups in total. The molecule has 6 heteroatoms. The molecule has 78 valence electrons. The fourth-order valence-corrected chi connectivity index (χ4v) is 1.94. The zero-order chi connectivity index (χ0) is 10.9. The molecule has 1 saturated carbocycles. The molecule has 0 aliphatic heterocycles. The Bertz CT molecular complexity index is 432. The fourth-order valence-electron chi connectivity index (χ4n) is 1.94. The van der Waals surface area contributed by atoms with Crippen molar-refractivity contribution in [1.82, 2.24) is 20.2 Å². The van der Waals surface area contributed by atoms with Crippen LogP contribution in [0.2, 0.25) is 0 Å². The molecule has 1 atom stereocenters. The van der Waals surface area contributed by atoms with E-state index in [0.717, 1.165) is 6.42 Å². The highest BCUT2D eigenvalue weighted by Gasteiger charge is 2.43. The molecule has 15 heavy (non-hydrogen) atoms. The summed E-state index contributed by atoms with van der Waals surface area (Å²) in [5.41, 5.74) is -0.900. The average molecular weight is 205 g/mol. The van der Waals surface area contributed by atoms with Gasteiger partial charge in [0, 0.05) is 12.8 Å². The first kappa shape index (κ1) is 9.77. The van der Waals surface area contributed by atoms with E-state index in [9.17, 15) is 4.79 Å². The fraction of sp³-hybridized carbons (Fsp3) is 0.667. The maximum Gasteiger partial charge on any atom is 0.176 e. The molecule has 0 bridgehead atoms. The summed E-state index contributed by atoms with van der Waals surface area (Å²) in [7, 11) is 1.66. The number of rotatable bonds is 2. The van der Waals surface area contributed by atoms with Crippen molar-refractivity contribution >= 4 is 5.78 Å². The topological polar surface area (TPSA) is 84.5 Å². The smallest absolute Gasteiger partial charge is 0.176 e. The number of carbonyl (C=O) groups excluding carboxylic acids is 1. The quantitative estimate of drug-likeness (QED) is 0.679. The van der Waals surface area contributed by atoms with Gasteiger partial charge in [-0.15, -0.1) is 10.2 Å². The third-order valence-electron chi connectivity index (χ3n) is 2.76. The summed E-state index contributed by atoms with van der Waals surface area (Å²) in [6.45, 7) is 0. The van der Waals surface area contributed by atoms with Crippen LogP contribution in [0.1, 0.15) is 25.1 Å². The van der Waals surface area contributed by atoms with Crippen LogP contribution >= 0.6 is 0 Å². The summed E-state index contributed by atoms with van der Waals surface area (Å²) in [5.74, 6) is 0.478. The summed E-state index contributed by atoms with van der Waals surface area (Å²) in [6, 6.07) is 2.12. The second-order valence-electron chi connectivity index (χ2n) is 3.84. The van der Waals surface area contributed by atoms with Gasteiger partial charge in [0.05, 0.1) is 13.1 Å². The van der Waals surface area contributed by atoms with Crippen LogP contribution in [0.3, 0.4) is 0 Å². The van der Waals surface area contributed by atoms with E-state index in [1.54, 1.807) is 7.05 Å². The third kappa shape index (κ3) is 1.61. The maximum atomic E-state index is 11.6. The van der Waals surface area contributed by atoms with E-state index >= 15 is 0 Å². The number of ketones is 1. The minimum absolute atomic E-state index is 0.0115. The van der Waals surface area contributed by atoms with E-state index < -0.39 is 5.41 Å². The van der Waals surface area contributed by atoms with Crippen molar-refractivity contribution in [3.8, 4) is 6.07 Å². The number of nitrogens with zero attached hydrogens (tertiary/aromatic N) is 5. The van der Waals surface area contributed by atoms with Crippen molar-refractivity contribution in [1.29, 1.82) is 5.26 Å². The van der Waals surface area contributed by atoms with Gasteiger partial charge in [-0.1, -0.05) is 0 Å². The molecule has 0 amide bonds. The molecule has 1 heterocycles. The highest BCUT2D eigenvalue weighted by Crippen LogP contribution is 2.36. The molecule has 1 aromatic rings. The zero-order valence-corrected chi connectivity index (χ0v) is 8.47. The van der Waals surface area contributed by atoms with Gasteiger partial charge < -0.3 is 0 Å². The Morgan fingerprint density at radius 3 is 2.93 bits per heavy atom. The van der Waals surface area contributed by atoms with E-state index in [1.165, 1.54) is 4.80 Å². The molecular formula is C9H11N5O. The molecule has 2 rings (SSSR count). The van der Waals surface area contributed by atoms with Crippen molar-refractivity contribution in [3.63, 3.8) is 0 Å². The van der Waals surface area contributed by atoms with E-state index in [2.05, 4.69) is 21.5 Å². The summed E-state index contributed by atoms with van der Waals surface area (Å²) in [4.78, 5) is 13.0. The monoisotopic (exact) mass is 205 g/mol. The molecular weight excluding hydrogens is 194 g/mol. The first-order valence-corrected chi connectivity index (χ1v) is 4.84. The molecule has 0 radical (unpaired) electrons. The molecule has 6 nitrogen and oxygen atoms in total. The van der Waals surface area contributed by atoms with Crippen molar-refractivity contribution in [2.75, 3.05) is 0 Å². The first-order chi connectivity index (χ1) is 7.16. The Labute approximate surface area is 86.9 Å². The van der Waals surface area contributed by atoms with Crippen LogP contribution in [0.4, 0.5) is 0 Å². The van der Waals surface area contributed by atoms with Crippen molar-refractivity contribution in [2.24, 2.45) is 12.5 Å². The minimum atomic E-state index is -0.900. The van der Waals surface area contributed by atoms with Gasteiger partial charge in [-0.3, -0.25) is 4.79 Å². The van der Waals surface area contributed by atoms with Gasteiger partial charge in [0.15, 0.2) is 11.6 Å². The lowest BCUT2D eigenvalue weighted by Crippen LogP contribution is -2.27. The zero-order valence-electron chi connectivity index (χ0n) is 8.47. The Hall–Kier alpha value is -1.77. The average Bonchev–Trinajstić information content (AvgIpc) is 2.76. The second kappa shape index (κ2) is 3.42. The van der Waals surface area contributed by atoms with E-state index in [0.29, 0.717) is 18.7 Å². The van der Waals surface area contributed by atoms with Crippen LogP contribution in [-0.4, -0.2) is 26.0 Å². The first-order valence-electron chi connectivity index (χ1n) is 4.84. The van der Waals surface area contributed by atoms with Gasteiger partial charge in [-0.25, -0.2) is 0 Å². The Kier molecular flexibility index (Phi) is 2.23. The number of Topliss-reactive ketones (excluding diaryl/α,β-unsaturated/α-hetero) is 1. The lowest BCUT2D eigenvalue weighted by Gasteiger charge is -2.15. The number of tetrazole rings is 1. The highest BCUT2D eigenvalue weighted by molar-refractivity contribution is 5.89. The number of hydrogen-bond donors (Lipinski definition) is 0. The second-order valence-corrected chi connectivity index (χ2v) is 3.84. The third-order valence-corrected chi connectivity index (χ3v) is 2.76. The largest absolute Gasteiger partial charge is 0.298 e. The van der Waals surface area contributed by atoms with Crippen LogP contribution < -0.4 is 0 Å². The van der Waals surface area contributed by atoms with E-state index in [4.69, 9.17) is 5.26 Å².